The van der Waals surface area contributed by atoms with Crippen molar-refractivity contribution in [3.8, 4) is 11.5 Å². The zero-order valence-electron chi connectivity index (χ0n) is 15.8. The van der Waals surface area contributed by atoms with Crippen molar-refractivity contribution >= 4 is 17.5 Å². The second-order valence-electron chi connectivity index (χ2n) is 5.98. The molecular weight excluding hydrogens is 346 g/mol. The Labute approximate surface area is 159 Å². The second-order valence-corrected chi connectivity index (χ2v) is 5.98. The molecule has 1 unspecified atom stereocenters. The average Bonchev–Trinajstić information content (AvgIpc) is 2.65. The van der Waals surface area contributed by atoms with Crippen LogP contribution in [0.1, 0.15) is 26.3 Å². The number of carbonyl (C=O) groups excluding carboxylic acids is 2. The SMILES string of the molecule is CCOc1ccc(OCc2ccnc(NCC(=O)C(C)NC(C)=O)c2)cc1. The van der Waals surface area contributed by atoms with E-state index < -0.39 is 6.04 Å². The molecule has 1 aromatic heterocycles. The van der Waals surface area contributed by atoms with Crippen molar-refractivity contribution in [2.24, 2.45) is 0 Å². The molecule has 1 heterocycles. The molecular formula is C20H25N3O4. The standard InChI is InChI=1S/C20H25N3O4/c1-4-26-17-5-7-18(8-6-17)27-13-16-9-10-21-20(11-16)22-12-19(25)14(2)23-15(3)24/h5-11,14H,4,12-13H2,1-3H3,(H,21,22)(H,23,24). The number of hydrogen-bond acceptors (Lipinski definition) is 6. The van der Waals surface area contributed by atoms with Gasteiger partial charge in [0.05, 0.1) is 19.2 Å². The van der Waals surface area contributed by atoms with Gasteiger partial charge in [0.2, 0.25) is 5.91 Å². The van der Waals surface area contributed by atoms with Crippen LogP contribution in [0.3, 0.4) is 0 Å². The Morgan fingerprint density at radius 1 is 1.11 bits per heavy atom. The zero-order valence-corrected chi connectivity index (χ0v) is 15.8. The van der Waals surface area contributed by atoms with Crippen LogP contribution in [-0.4, -0.2) is 35.9 Å². The minimum Gasteiger partial charge on any atom is -0.494 e. The molecule has 1 amide bonds. The number of hydrogen-bond donors (Lipinski definition) is 2. The molecule has 0 fully saturated rings. The predicted molar refractivity (Wildman–Crippen MR) is 103 cm³/mol. The summed E-state index contributed by atoms with van der Waals surface area (Å²) in [5.74, 6) is 1.76. The van der Waals surface area contributed by atoms with Crippen molar-refractivity contribution in [2.45, 2.75) is 33.4 Å². The smallest absolute Gasteiger partial charge is 0.217 e. The number of Topliss-reactive ketones (excluding diaryl/α,β-unsaturated/α-hetero) is 1. The lowest BCUT2D eigenvalue weighted by Gasteiger charge is -2.13. The fourth-order valence-corrected chi connectivity index (χ4v) is 2.34. The van der Waals surface area contributed by atoms with E-state index >= 15 is 0 Å². The number of nitrogens with one attached hydrogen (secondary N) is 2. The fourth-order valence-electron chi connectivity index (χ4n) is 2.34. The maximum absolute atomic E-state index is 12.0. The number of nitrogens with zero attached hydrogens (tertiary/aromatic N) is 1. The Hall–Kier alpha value is -3.09. The van der Waals surface area contributed by atoms with Crippen LogP contribution in [0.2, 0.25) is 0 Å². The molecule has 2 rings (SSSR count). The Morgan fingerprint density at radius 2 is 1.78 bits per heavy atom. The summed E-state index contributed by atoms with van der Waals surface area (Å²) in [4.78, 5) is 27.2. The van der Waals surface area contributed by atoms with Crippen LogP contribution in [0.25, 0.3) is 0 Å². The molecule has 0 spiro atoms. The number of anilines is 1. The van der Waals surface area contributed by atoms with Gasteiger partial charge in [-0.15, -0.1) is 0 Å². The van der Waals surface area contributed by atoms with Gasteiger partial charge in [0.1, 0.15) is 23.9 Å². The van der Waals surface area contributed by atoms with Gasteiger partial charge in [-0.25, -0.2) is 4.98 Å². The predicted octanol–water partition coefficient (Wildman–Crippen LogP) is 2.56. The highest BCUT2D eigenvalue weighted by molar-refractivity contribution is 5.90. The Balaban J connectivity index is 1.85. The maximum atomic E-state index is 12.0. The molecule has 7 heteroatoms. The molecule has 0 aliphatic carbocycles. The van der Waals surface area contributed by atoms with Gasteiger partial charge < -0.3 is 20.1 Å². The molecule has 2 aromatic rings. The minimum absolute atomic E-state index is 0.0810. The number of carbonyl (C=O) groups is 2. The molecule has 0 aliphatic rings. The molecule has 0 saturated heterocycles. The molecule has 0 aliphatic heterocycles. The van der Waals surface area contributed by atoms with Gasteiger partial charge in [-0.2, -0.15) is 0 Å². The number of pyridine rings is 1. The third kappa shape index (κ3) is 6.97. The van der Waals surface area contributed by atoms with Gasteiger partial charge in [0.15, 0.2) is 5.78 Å². The molecule has 27 heavy (non-hydrogen) atoms. The van der Waals surface area contributed by atoms with Crippen LogP contribution in [0.4, 0.5) is 5.82 Å². The highest BCUT2D eigenvalue weighted by Crippen LogP contribution is 2.19. The Morgan fingerprint density at radius 3 is 2.41 bits per heavy atom. The van der Waals surface area contributed by atoms with Crippen LogP contribution in [0.15, 0.2) is 42.6 Å². The minimum atomic E-state index is -0.541. The molecule has 0 radical (unpaired) electrons. The van der Waals surface area contributed by atoms with Crippen LogP contribution in [-0.2, 0) is 16.2 Å². The van der Waals surface area contributed by atoms with Crippen LogP contribution >= 0.6 is 0 Å². The highest BCUT2D eigenvalue weighted by Gasteiger charge is 2.13. The zero-order chi connectivity index (χ0) is 19.6. The van der Waals surface area contributed by atoms with E-state index in [2.05, 4.69) is 15.6 Å². The van der Waals surface area contributed by atoms with Gasteiger partial charge in [0, 0.05) is 13.1 Å². The lowest BCUT2D eigenvalue weighted by atomic mass is 10.2. The van der Waals surface area contributed by atoms with Gasteiger partial charge in [-0.05, 0) is 55.8 Å². The molecule has 1 aromatic carbocycles. The summed E-state index contributed by atoms with van der Waals surface area (Å²) >= 11 is 0. The van der Waals surface area contributed by atoms with E-state index in [4.69, 9.17) is 9.47 Å². The molecule has 0 bridgehead atoms. The van der Waals surface area contributed by atoms with E-state index in [0.29, 0.717) is 19.0 Å². The second kappa shape index (κ2) is 10.2. The quantitative estimate of drug-likeness (QED) is 0.667. The first-order valence-electron chi connectivity index (χ1n) is 8.82. The first-order valence-corrected chi connectivity index (χ1v) is 8.82. The summed E-state index contributed by atoms with van der Waals surface area (Å²) < 4.78 is 11.2. The van der Waals surface area contributed by atoms with E-state index in [-0.39, 0.29) is 18.2 Å². The lowest BCUT2D eigenvalue weighted by molar-refractivity contribution is -0.125. The topological polar surface area (TPSA) is 89.6 Å². The summed E-state index contributed by atoms with van der Waals surface area (Å²) in [6, 6.07) is 10.6. The summed E-state index contributed by atoms with van der Waals surface area (Å²) in [6.07, 6.45) is 1.65. The molecule has 0 saturated carbocycles. The van der Waals surface area contributed by atoms with E-state index in [0.717, 1.165) is 17.1 Å². The van der Waals surface area contributed by atoms with Crippen molar-refractivity contribution in [2.75, 3.05) is 18.5 Å². The van der Waals surface area contributed by atoms with Gasteiger partial charge in [0.25, 0.3) is 0 Å². The first-order chi connectivity index (χ1) is 13.0. The van der Waals surface area contributed by atoms with E-state index in [9.17, 15) is 9.59 Å². The maximum Gasteiger partial charge on any atom is 0.217 e. The van der Waals surface area contributed by atoms with Crippen molar-refractivity contribution in [3.63, 3.8) is 0 Å². The van der Waals surface area contributed by atoms with E-state index in [1.807, 2.05) is 43.3 Å². The molecule has 144 valence electrons. The molecule has 2 N–H and O–H groups in total. The molecule has 1 atom stereocenters. The van der Waals surface area contributed by atoms with Crippen molar-refractivity contribution in [1.82, 2.24) is 10.3 Å². The third-order valence-electron chi connectivity index (χ3n) is 3.71. The normalized spacial score (nSPS) is 11.4. The highest BCUT2D eigenvalue weighted by atomic mass is 16.5. The monoisotopic (exact) mass is 371 g/mol. The third-order valence-corrected chi connectivity index (χ3v) is 3.71. The number of benzene rings is 1. The number of rotatable bonds is 10. The number of ketones is 1. The van der Waals surface area contributed by atoms with Gasteiger partial charge in [-0.1, -0.05) is 0 Å². The summed E-state index contributed by atoms with van der Waals surface area (Å²) in [7, 11) is 0. The van der Waals surface area contributed by atoms with Crippen molar-refractivity contribution in [3.05, 3.63) is 48.2 Å². The van der Waals surface area contributed by atoms with Gasteiger partial charge >= 0.3 is 0 Å². The summed E-state index contributed by atoms with van der Waals surface area (Å²) in [5.41, 5.74) is 0.920. The first kappa shape index (κ1) is 20.2. The van der Waals surface area contributed by atoms with E-state index in [1.165, 1.54) is 6.92 Å². The van der Waals surface area contributed by atoms with E-state index in [1.54, 1.807) is 13.1 Å². The fraction of sp³-hybridized carbons (Fsp3) is 0.350. The largest absolute Gasteiger partial charge is 0.494 e. The number of ether oxygens (including phenoxy) is 2. The number of amides is 1. The number of aromatic nitrogens is 1. The summed E-state index contributed by atoms with van der Waals surface area (Å²) in [5, 5.41) is 5.54. The van der Waals surface area contributed by atoms with Crippen LogP contribution in [0.5, 0.6) is 11.5 Å². The summed E-state index contributed by atoms with van der Waals surface area (Å²) in [6.45, 7) is 6.05. The lowest BCUT2D eigenvalue weighted by Crippen LogP contribution is -2.40. The Bertz CT molecular complexity index is 762. The van der Waals surface area contributed by atoms with Crippen molar-refractivity contribution < 1.29 is 19.1 Å². The van der Waals surface area contributed by atoms with Crippen LogP contribution in [0, 0.1) is 0 Å². The molecule has 7 nitrogen and oxygen atoms in total. The van der Waals surface area contributed by atoms with Gasteiger partial charge in [-0.3, -0.25) is 9.59 Å². The van der Waals surface area contributed by atoms with Crippen molar-refractivity contribution in [1.29, 1.82) is 0 Å². The Kier molecular flexibility index (Phi) is 7.61. The average molecular weight is 371 g/mol. The van der Waals surface area contributed by atoms with Crippen LogP contribution < -0.4 is 20.1 Å².